The minimum atomic E-state index is 0.249. The van der Waals surface area contributed by atoms with Crippen molar-refractivity contribution in [2.45, 2.75) is 32.2 Å². The van der Waals surface area contributed by atoms with Gasteiger partial charge in [0.1, 0.15) is 5.69 Å². The van der Waals surface area contributed by atoms with Gasteiger partial charge in [0.2, 0.25) is 0 Å². The number of nitrogens with zero attached hydrogens (tertiary/aromatic N) is 3. The number of nitrogens with two attached hydrogens (primary N) is 1. The maximum Gasteiger partial charge on any atom is 0.163 e. The van der Waals surface area contributed by atoms with Crippen molar-refractivity contribution in [1.82, 2.24) is 14.8 Å². The number of carbonyl (C=O) groups excluding carboxylic acids is 1. The van der Waals surface area contributed by atoms with Gasteiger partial charge in [-0.25, -0.2) is 0 Å². The summed E-state index contributed by atoms with van der Waals surface area (Å²) in [6, 6.07) is 10.1. The molecule has 0 fully saturated rings. The fourth-order valence-electron chi connectivity index (χ4n) is 3.51. The molecule has 0 radical (unpaired) electrons. The number of aromatic nitrogens is 3. The van der Waals surface area contributed by atoms with Crippen molar-refractivity contribution in [2.24, 2.45) is 5.73 Å². The lowest BCUT2D eigenvalue weighted by Gasteiger charge is -2.05. The van der Waals surface area contributed by atoms with Gasteiger partial charge in [0.25, 0.3) is 0 Å². The molecular formula is C21H22N4O. The van der Waals surface area contributed by atoms with Crippen LogP contribution in [0.2, 0.25) is 0 Å². The Hall–Kier alpha value is -2.79. The van der Waals surface area contributed by atoms with Crippen LogP contribution in [0, 0.1) is 0 Å². The molecule has 132 valence electrons. The van der Waals surface area contributed by atoms with Crippen molar-refractivity contribution in [3.63, 3.8) is 0 Å². The first-order valence-corrected chi connectivity index (χ1v) is 9.10. The van der Waals surface area contributed by atoms with Gasteiger partial charge in [0.05, 0.1) is 0 Å². The van der Waals surface area contributed by atoms with Crippen LogP contribution >= 0.6 is 0 Å². The van der Waals surface area contributed by atoms with E-state index in [9.17, 15) is 4.79 Å². The van der Waals surface area contributed by atoms with Crippen LogP contribution in [-0.2, 0) is 13.0 Å². The highest BCUT2D eigenvalue weighted by Gasteiger charge is 2.21. The highest BCUT2D eigenvalue weighted by molar-refractivity contribution is 6.01. The van der Waals surface area contributed by atoms with E-state index < -0.39 is 0 Å². The Bertz CT molecular complexity index is 930. The predicted octanol–water partition coefficient (Wildman–Crippen LogP) is 3.48. The number of fused-ring (bicyclic) bond motifs is 1. The molecule has 0 bridgehead atoms. The summed E-state index contributed by atoms with van der Waals surface area (Å²) in [6.45, 7) is 1.54. The van der Waals surface area contributed by atoms with Gasteiger partial charge < -0.3 is 5.73 Å². The van der Waals surface area contributed by atoms with E-state index in [0.717, 1.165) is 59.3 Å². The number of unbranched alkanes of at least 4 members (excludes halogenated alkanes) is 1. The Kier molecular flexibility index (Phi) is 4.63. The van der Waals surface area contributed by atoms with Gasteiger partial charge in [-0.1, -0.05) is 18.2 Å². The van der Waals surface area contributed by atoms with E-state index in [1.165, 1.54) is 0 Å². The molecule has 5 heteroatoms. The molecule has 0 spiro atoms. The molecule has 1 aromatic carbocycles. The summed E-state index contributed by atoms with van der Waals surface area (Å²) < 4.78 is 2.00. The molecule has 0 atom stereocenters. The van der Waals surface area contributed by atoms with Crippen molar-refractivity contribution in [2.75, 3.05) is 6.54 Å². The summed E-state index contributed by atoms with van der Waals surface area (Å²) in [6.07, 6.45) is 9.12. The number of Topliss-reactive ketones (excluding diaryl/α,β-unsaturated/α-hetero) is 1. The molecule has 26 heavy (non-hydrogen) atoms. The number of benzene rings is 1. The van der Waals surface area contributed by atoms with Gasteiger partial charge in [0, 0.05) is 48.2 Å². The normalized spacial score (nSPS) is 13.2. The van der Waals surface area contributed by atoms with Gasteiger partial charge in [-0.3, -0.25) is 14.5 Å². The predicted molar refractivity (Wildman–Crippen MR) is 102 cm³/mol. The molecule has 3 aromatic rings. The molecule has 0 saturated carbocycles. The lowest BCUT2D eigenvalue weighted by atomic mass is 9.98. The van der Waals surface area contributed by atoms with Crippen LogP contribution < -0.4 is 5.73 Å². The van der Waals surface area contributed by atoms with Crippen LogP contribution in [0.15, 0.2) is 48.9 Å². The highest BCUT2D eigenvalue weighted by atomic mass is 16.1. The molecule has 2 aromatic heterocycles. The SMILES string of the molecule is NCCCCn1cc(-c2ccc3c(c2)CCC3=O)c(-c2ccncc2)n1. The molecule has 4 rings (SSSR count). The van der Waals surface area contributed by atoms with E-state index >= 15 is 0 Å². The second-order valence-corrected chi connectivity index (χ2v) is 6.68. The van der Waals surface area contributed by atoms with Crippen molar-refractivity contribution < 1.29 is 4.79 Å². The van der Waals surface area contributed by atoms with Crippen molar-refractivity contribution in [3.05, 3.63) is 60.0 Å². The Morgan fingerprint density at radius 3 is 2.65 bits per heavy atom. The third-order valence-corrected chi connectivity index (χ3v) is 4.89. The van der Waals surface area contributed by atoms with Crippen molar-refractivity contribution >= 4 is 5.78 Å². The Morgan fingerprint density at radius 2 is 1.85 bits per heavy atom. The van der Waals surface area contributed by atoms with Gasteiger partial charge in [-0.15, -0.1) is 0 Å². The quantitative estimate of drug-likeness (QED) is 0.694. The molecule has 5 nitrogen and oxygen atoms in total. The highest BCUT2D eigenvalue weighted by Crippen LogP contribution is 2.34. The first-order chi connectivity index (χ1) is 12.8. The molecule has 2 N–H and O–H groups in total. The summed E-state index contributed by atoms with van der Waals surface area (Å²) in [5.41, 5.74) is 11.8. The second-order valence-electron chi connectivity index (χ2n) is 6.68. The average molecular weight is 346 g/mol. The summed E-state index contributed by atoms with van der Waals surface area (Å²) in [5, 5.41) is 4.82. The summed E-state index contributed by atoms with van der Waals surface area (Å²) >= 11 is 0. The largest absolute Gasteiger partial charge is 0.330 e. The zero-order valence-electron chi connectivity index (χ0n) is 14.7. The molecule has 0 saturated heterocycles. The molecule has 0 aliphatic heterocycles. The first-order valence-electron chi connectivity index (χ1n) is 9.10. The number of hydrogen-bond acceptors (Lipinski definition) is 4. The number of hydrogen-bond donors (Lipinski definition) is 1. The van der Waals surface area contributed by atoms with E-state index in [2.05, 4.69) is 17.2 Å². The number of rotatable bonds is 6. The van der Waals surface area contributed by atoms with E-state index in [4.69, 9.17) is 10.8 Å². The van der Waals surface area contributed by atoms with Crippen LogP contribution in [-0.4, -0.2) is 27.1 Å². The maximum atomic E-state index is 11.9. The van der Waals surface area contributed by atoms with Crippen LogP contribution in [0.4, 0.5) is 0 Å². The zero-order chi connectivity index (χ0) is 17.9. The molecule has 1 aliphatic rings. The minimum absolute atomic E-state index is 0.249. The smallest absolute Gasteiger partial charge is 0.163 e. The third-order valence-electron chi connectivity index (χ3n) is 4.89. The van der Waals surface area contributed by atoms with Gasteiger partial charge in [-0.05, 0) is 49.1 Å². The lowest BCUT2D eigenvalue weighted by Crippen LogP contribution is -2.03. The molecule has 2 heterocycles. The molecule has 0 amide bonds. The van der Waals surface area contributed by atoms with E-state index in [0.29, 0.717) is 13.0 Å². The Balaban J connectivity index is 1.75. The van der Waals surface area contributed by atoms with Gasteiger partial charge in [-0.2, -0.15) is 5.10 Å². The van der Waals surface area contributed by atoms with E-state index in [1.54, 1.807) is 12.4 Å². The van der Waals surface area contributed by atoms with Crippen LogP contribution in [0.1, 0.15) is 35.2 Å². The van der Waals surface area contributed by atoms with E-state index in [1.807, 2.05) is 28.9 Å². The van der Waals surface area contributed by atoms with Crippen LogP contribution in [0.25, 0.3) is 22.4 Å². The first kappa shape index (κ1) is 16.7. The number of aryl methyl sites for hydroxylation is 2. The van der Waals surface area contributed by atoms with E-state index in [-0.39, 0.29) is 5.78 Å². The Morgan fingerprint density at radius 1 is 1.00 bits per heavy atom. The van der Waals surface area contributed by atoms with Gasteiger partial charge in [0.15, 0.2) is 5.78 Å². The summed E-state index contributed by atoms with van der Waals surface area (Å²) in [4.78, 5) is 16.0. The standard InChI is InChI=1S/C21H22N4O/c22-9-1-2-12-25-14-19(21(24-25)15-7-10-23-11-8-15)17-3-5-18-16(13-17)4-6-20(18)26/h3,5,7-8,10-11,13-14H,1-2,4,6,9,12,22H2. The van der Waals surface area contributed by atoms with Crippen molar-refractivity contribution in [1.29, 1.82) is 0 Å². The molecular weight excluding hydrogens is 324 g/mol. The number of ketones is 1. The Labute approximate surface area is 152 Å². The van der Waals surface area contributed by atoms with Gasteiger partial charge >= 0.3 is 0 Å². The fraction of sp³-hybridized carbons (Fsp3) is 0.286. The minimum Gasteiger partial charge on any atom is -0.330 e. The second kappa shape index (κ2) is 7.22. The lowest BCUT2D eigenvalue weighted by molar-refractivity contribution is 0.0994. The summed E-state index contributed by atoms with van der Waals surface area (Å²) in [7, 11) is 0. The molecule has 1 aliphatic carbocycles. The third kappa shape index (κ3) is 3.18. The van der Waals surface area contributed by atoms with Crippen molar-refractivity contribution in [3.8, 4) is 22.4 Å². The topological polar surface area (TPSA) is 73.8 Å². The van der Waals surface area contributed by atoms with Crippen LogP contribution in [0.3, 0.4) is 0 Å². The zero-order valence-corrected chi connectivity index (χ0v) is 14.7. The summed E-state index contributed by atoms with van der Waals surface area (Å²) in [5.74, 6) is 0.249. The average Bonchev–Trinajstić information content (AvgIpc) is 3.26. The molecule has 0 unspecified atom stereocenters. The number of carbonyl (C=O) groups is 1. The monoisotopic (exact) mass is 346 g/mol. The number of pyridine rings is 1. The van der Waals surface area contributed by atoms with Crippen LogP contribution in [0.5, 0.6) is 0 Å². The maximum absolute atomic E-state index is 11.9. The fourth-order valence-corrected chi connectivity index (χ4v) is 3.51.